The number of nitrogens with zero attached hydrogens (tertiary/aromatic N) is 2. The van der Waals surface area contributed by atoms with Gasteiger partial charge in [-0.2, -0.15) is 101 Å². The van der Waals surface area contributed by atoms with Crippen LogP contribution in [0.5, 0.6) is 5.75 Å². The molecule has 1 heterocycles. The van der Waals surface area contributed by atoms with Gasteiger partial charge in [0.2, 0.25) is 0 Å². The molecule has 0 saturated carbocycles. The van der Waals surface area contributed by atoms with E-state index in [1.165, 1.54) is 35.3 Å². The summed E-state index contributed by atoms with van der Waals surface area (Å²) in [7, 11) is 0. The molecule has 2 aromatic rings. The van der Waals surface area contributed by atoms with Crippen molar-refractivity contribution in [3.63, 3.8) is 0 Å². The Morgan fingerprint density at radius 3 is 1.54 bits per heavy atom. The third-order valence-corrected chi connectivity index (χ3v) is 8.29. The molecule has 7 nitrogen and oxygen atoms in total. The van der Waals surface area contributed by atoms with Crippen LogP contribution in [0.15, 0.2) is 36.7 Å². The molecule has 0 aliphatic rings. The van der Waals surface area contributed by atoms with Gasteiger partial charge >= 0.3 is 66.1 Å². The van der Waals surface area contributed by atoms with Gasteiger partial charge in [-0.1, -0.05) is 39.0 Å². The molecule has 0 fully saturated rings. The SMILES string of the molecule is CCCCCCCCc1cc(-c2ncccn2)ccc1OCC(O)COCC(F)(F)C(F)(F)C(F)(F)OC(F)(F)C(F)(F)OC(F)(F)C(F)(F)C(F)(F)C(F)(F)C(F)(F)C(F)(F)F. The predicted octanol–water partition coefficient (Wildman–Crippen LogP) is 11.6. The van der Waals surface area contributed by atoms with Crippen LogP contribution >= 0.6 is 0 Å². The van der Waals surface area contributed by atoms with E-state index in [2.05, 4.69) is 14.7 Å². The number of alkyl halides is 23. The average Bonchev–Trinajstić information content (AvgIpc) is 3.14. The van der Waals surface area contributed by atoms with Crippen molar-refractivity contribution in [2.45, 2.75) is 124 Å². The first kappa shape index (κ1) is 55.5. The molecular weight excluding hydrogens is 941 g/mol. The van der Waals surface area contributed by atoms with Gasteiger partial charge < -0.3 is 14.6 Å². The molecular formula is C33H31F23N2O5. The van der Waals surface area contributed by atoms with Crippen LogP contribution in [-0.4, -0.2) is 107 Å². The number of unbranched alkanes of at least 4 members (excludes halogenated alkanes) is 5. The lowest BCUT2D eigenvalue weighted by molar-refractivity contribution is -0.556. The fourth-order valence-electron chi connectivity index (χ4n) is 4.78. The third kappa shape index (κ3) is 11.8. The highest BCUT2D eigenvalue weighted by Gasteiger charge is 2.92. The standard InChI is InChI=1S/C33H31F23N2O5/c1-2-3-4-5-6-7-9-18-14-19(22-57-12-8-13-58-22)10-11-21(18)61-16-20(59)15-60-17-23(34,35)24(36,37)30(49,50)62-32(53,54)33(55,56)63-31(51,52)28(44,45)26(40,41)25(38,39)27(42,43)29(46,47)48/h8,10-14,20,59H,2-7,9,15-17H2,1H3. The zero-order valence-corrected chi connectivity index (χ0v) is 31.3. The number of aliphatic hydroxyl groups is 1. The number of rotatable bonds is 26. The summed E-state index contributed by atoms with van der Waals surface area (Å²) in [5.41, 5.74) is 0.988. The van der Waals surface area contributed by atoms with Crippen LogP contribution in [0.1, 0.15) is 51.0 Å². The van der Waals surface area contributed by atoms with Crippen molar-refractivity contribution in [2.24, 2.45) is 0 Å². The second kappa shape index (κ2) is 19.4. The van der Waals surface area contributed by atoms with E-state index in [0.29, 0.717) is 24.0 Å². The van der Waals surface area contributed by atoms with Crippen molar-refractivity contribution in [3.05, 3.63) is 42.2 Å². The first-order chi connectivity index (χ1) is 28.3. The highest BCUT2D eigenvalue weighted by molar-refractivity contribution is 5.58. The van der Waals surface area contributed by atoms with Gasteiger partial charge in [-0.3, -0.25) is 0 Å². The molecule has 1 atom stereocenters. The van der Waals surface area contributed by atoms with Gasteiger partial charge in [0.25, 0.3) is 0 Å². The lowest BCUT2D eigenvalue weighted by Gasteiger charge is -2.40. The normalized spacial score (nSPS) is 15.2. The molecule has 0 radical (unpaired) electrons. The van der Waals surface area contributed by atoms with Crippen LogP contribution in [0, 0.1) is 0 Å². The minimum atomic E-state index is -8.95. The highest BCUT2D eigenvalue weighted by atomic mass is 19.4. The fourth-order valence-corrected chi connectivity index (χ4v) is 4.78. The maximum Gasteiger partial charge on any atom is 0.460 e. The highest BCUT2D eigenvalue weighted by Crippen LogP contribution is 2.62. The summed E-state index contributed by atoms with van der Waals surface area (Å²) >= 11 is 0. The van der Waals surface area contributed by atoms with E-state index in [0.717, 1.165) is 36.8 Å². The second-order valence-electron chi connectivity index (χ2n) is 13.2. The Labute approximate surface area is 338 Å². The Morgan fingerprint density at radius 2 is 1.03 bits per heavy atom. The van der Waals surface area contributed by atoms with Gasteiger partial charge in [0.15, 0.2) is 5.82 Å². The summed E-state index contributed by atoms with van der Waals surface area (Å²) in [6, 6.07) is 5.96. The summed E-state index contributed by atoms with van der Waals surface area (Å²) in [6.45, 7) is -3.52. The van der Waals surface area contributed by atoms with Crippen molar-refractivity contribution >= 4 is 0 Å². The topological polar surface area (TPSA) is 82.9 Å². The van der Waals surface area contributed by atoms with Gasteiger partial charge in [0.05, 0.1) is 6.61 Å². The summed E-state index contributed by atoms with van der Waals surface area (Å²) < 4.78 is 323. The molecule has 1 aromatic carbocycles. The monoisotopic (exact) mass is 972 g/mol. The van der Waals surface area contributed by atoms with E-state index >= 15 is 0 Å². The first-order valence-electron chi connectivity index (χ1n) is 17.3. The first-order valence-corrected chi connectivity index (χ1v) is 17.3. The van der Waals surface area contributed by atoms with Crippen LogP contribution < -0.4 is 4.74 Å². The van der Waals surface area contributed by atoms with Gasteiger partial charge in [-0.25, -0.2) is 19.4 Å². The Morgan fingerprint density at radius 1 is 0.556 bits per heavy atom. The number of halogens is 23. The molecule has 0 spiro atoms. The Bertz CT molecular complexity index is 1760. The molecule has 0 bridgehead atoms. The number of aryl methyl sites for hydroxylation is 1. The van der Waals surface area contributed by atoms with Crippen LogP contribution in [0.4, 0.5) is 101 Å². The fraction of sp³-hybridized carbons (Fsp3) is 0.697. The van der Waals surface area contributed by atoms with E-state index in [-0.39, 0.29) is 11.6 Å². The molecule has 0 saturated heterocycles. The number of aliphatic hydroxyl groups excluding tert-OH is 1. The van der Waals surface area contributed by atoms with Crippen LogP contribution in [0.25, 0.3) is 11.4 Å². The van der Waals surface area contributed by atoms with Crippen molar-refractivity contribution in [1.82, 2.24) is 9.97 Å². The van der Waals surface area contributed by atoms with Crippen molar-refractivity contribution in [2.75, 3.05) is 19.8 Å². The molecule has 30 heteroatoms. The Kier molecular flexibility index (Phi) is 17.1. The molecule has 1 aromatic heterocycles. The minimum absolute atomic E-state index is 0.0637. The third-order valence-electron chi connectivity index (χ3n) is 8.29. The van der Waals surface area contributed by atoms with E-state index in [4.69, 9.17) is 4.74 Å². The van der Waals surface area contributed by atoms with Crippen LogP contribution in [-0.2, 0) is 20.6 Å². The molecule has 0 aliphatic carbocycles. The lowest BCUT2D eigenvalue weighted by Crippen LogP contribution is -2.71. The second-order valence-corrected chi connectivity index (χ2v) is 13.2. The summed E-state index contributed by atoms with van der Waals surface area (Å²) in [4.78, 5) is 8.18. The van der Waals surface area contributed by atoms with Gasteiger partial charge in [-0.05, 0) is 42.7 Å². The van der Waals surface area contributed by atoms with Gasteiger partial charge in [0, 0.05) is 18.0 Å². The number of ether oxygens (including phenoxy) is 4. The number of hydrogen-bond donors (Lipinski definition) is 1. The lowest BCUT2D eigenvalue weighted by atomic mass is 9.97. The summed E-state index contributed by atoms with van der Waals surface area (Å²) in [5.74, 6) is -48.9. The molecule has 1 unspecified atom stereocenters. The van der Waals surface area contributed by atoms with Crippen molar-refractivity contribution in [3.8, 4) is 17.1 Å². The predicted molar refractivity (Wildman–Crippen MR) is 165 cm³/mol. The van der Waals surface area contributed by atoms with Crippen molar-refractivity contribution in [1.29, 1.82) is 0 Å². The largest absolute Gasteiger partial charge is 0.491 e. The molecule has 0 aliphatic heterocycles. The van der Waals surface area contributed by atoms with E-state index in [9.17, 15) is 106 Å². The zero-order valence-electron chi connectivity index (χ0n) is 31.3. The van der Waals surface area contributed by atoms with E-state index < -0.39 is 92.1 Å². The maximum atomic E-state index is 14.2. The molecule has 1 N–H and O–H groups in total. The Hall–Kier alpha value is -3.67. The quantitative estimate of drug-likeness (QED) is 0.0743. The number of aromatic nitrogens is 2. The zero-order chi connectivity index (χ0) is 48.9. The van der Waals surface area contributed by atoms with Crippen molar-refractivity contribution < 1.29 is 125 Å². The van der Waals surface area contributed by atoms with Gasteiger partial charge in [-0.15, -0.1) is 0 Å². The minimum Gasteiger partial charge on any atom is -0.491 e. The Balaban J connectivity index is 2.18. The number of hydrogen-bond acceptors (Lipinski definition) is 7. The molecule has 63 heavy (non-hydrogen) atoms. The average molecular weight is 973 g/mol. The smallest absolute Gasteiger partial charge is 0.460 e. The van der Waals surface area contributed by atoms with E-state index in [1.807, 2.05) is 6.92 Å². The summed E-state index contributed by atoms with van der Waals surface area (Å²) in [5, 5.41) is 10.1. The van der Waals surface area contributed by atoms with Gasteiger partial charge in [0.1, 0.15) is 25.1 Å². The van der Waals surface area contributed by atoms with Crippen LogP contribution in [0.3, 0.4) is 0 Å². The number of benzene rings is 1. The maximum absolute atomic E-state index is 14.2. The molecule has 364 valence electrons. The molecule has 2 rings (SSSR count). The van der Waals surface area contributed by atoms with E-state index in [1.54, 1.807) is 6.07 Å². The summed E-state index contributed by atoms with van der Waals surface area (Å²) in [6.07, 6.45) is -34.6. The molecule has 0 amide bonds. The van der Waals surface area contributed by atoms with Crippen LogP contribution in [0.2, 0.25) is 0 Å².